The van der Waals surface area contributed by atoms with Crippen molar-refractivity contribution in [1.29, 1.82) is 0 Å². The second-order valence-corrected chi connectivity index (χ2v) is 4.32. The van der Waals surface area contributed by atoms with Crippen LogP contribution < -0.4 is 4.74 Å². The van der Waals surface area contributed by atoms with Crippen LogP contribution in [0.1, 0.15) is 25.8 Å². The largest absolute Gasteiger partial charge is 0.492 e. The van der Waals surface area contributed by atoms with Crippen LogP contribution in [0, 0.1) is 5.92 Å². The molecule has 3 heteroatoms. The van der Waals surface area contributed by atoms with Crippen LogP contribution in [0.3, 0.4) is 0 Å². The Bertz CT molecular complexity index is 310. The number of rotatable bonds is 5. The molecule has 0 fully saturated rings. The Labute approximate surface area is 95.8 Å². The molecule has 15 heavy (non-hydrogen) atoms. The Morgan fingerprint density at radius 1 is 1.40 bits per heavy atom. The lowest BCUT2D eigenvalue weighted by atomic mass is 10.1. The predicted molar refractivity (Wildman–Crippen MR) is 62.3 cm³/mol. The van der Waals surface area contributed by atoms with Gasteiger partial charge < -0.3 is 9.84 Å². The van der Waals surface area contributed by atoms with E-state index in [1.54, 1.807) is 6.07 Å². The molecule has 84 valence electrons. The molecule has 0 spiro atoms. The summed E-state index contributed by atoms with van der Waals surface area (Å²) >= 11 is 5.99. The third-order valence-corrected chi connectivity index (χ3v) is 2.46. The molecule has 0 unspecified atom stereocenters. The Hall–Kier alpha value is -0.730. The first-order valence-corrected chi connectivity index (χ1v) is 5.54. The summed E-state index contributed by atoms with van der Waals surface area (Å²) in [5.41, 5.74) is 0.742. The molecule has 0 saturated heterocycles. The van der Waals surface area contributed by atoms with E-state index < -0.39 is 0 Å². The van der Waals surface area contributed by atoms with Gasteiger partial charge in [0.2, 0.25) is 0 Å². The number of aliphatic hydroxyl groups is 1. The van der Waals surface area contributed by atoms with E-state index in [4.69, 9.17) is 21.4 Å². The van der Waals surface area contributed by atoms with Crippen molar-refractivity contribution < 1.29 is 9.84 Å². The smallest absolute Gasteiger partial charge is 0.143 e. The summed E-state index contributed by atoms with van der Waals surface area (Å²) in [4.78, 5) is 0. The zero-order chi connectivity index (χ0) is 11.3. The first-order chi connectivity index (χ1) is 7.15. The lowest BCUT2D eigenvalue weighted by Crippen LogP contribution is -2.03. The molecule has 0 aliphatic heterocycles. The molecule has 0 heterocycles. The summed E-state index contributed by atoms with van der Waals surface area (Å²) in [6.45, 7) is 4.87. The SMILES string of the molecule is CC(C)CCOc1c(Cl)cccc1CO. The molecule has 0 radical (unpaired) electrons. The average molecular weight is 229 g/mol. The van der Waals surface area contributed by atoms with E-state index in [9.17, 15) is 0 Å². The second kappa shape index (κ2) is 5.99. The summed E-state index contributed by atoms with van der Waals surface area (Å²) < 4.78 is 5.58. The highest BCUT2D eigenvalue weighted by Gasteiger charge is 2.07. The molecule has 1 N–H and O–H groups in total. The fourth-order valence-corrected chi connectivity index (χ4v) is 1.49. The lowest BCUT2D eigenvalue weighted by Gasteiger charge is -2.12. The number of ether oxygens (including phenoxy) is 1. The van der Waals surface area contributed by atoms with Crippen molar-refractivity contribution in [1.82, 2.24) is 0 Å². The van der Waals surface area contributed by atoms with Gasteiger partial charge in [0.25, 0.3) is 0 Å². The van der Waals surface area contributed by atoms with Gasteiger partial charge in [-0.3, -0.25) is 0 Å². The molecule has 0 aromatic heterocycles. The number of aliphatic hydroxyl groups excluding tert-OH is 1. The maximum Gasteiger partial charge on any atom is 0.143 e. The molecule has 1 aromatic rings. The van der Waals surface area contributed by atoms with Crippen LogP contribution in [0.5, 0.6) is 5.75 Å². The Balaban J connectivity index is 2.66. The van der Waals surface area contributed by atoms with Crippen molar-refractivity contribution in [2.24, 2.45) is 5.92 Å². The minimum Gasteiger partial charge on any atom is -0.492 e. The highest BCUT2D eigenvalue weighted by atomic mass is 35.5. The quantitative estimate of drug-likeness (QED) is 0.838. The normalized spacial score (nSPS) is 10.7. The molecule has 0 saturated carbocycles. The molecular formula is C12H17ClO2. The van der Waals surface area contributed by atoms with Crippen LogP contribution in [0.4, 0.5) is 0 Å². The first-order valence-electron chi connectivity index (χ1n) is 5.16. The Morgan fingerprint density at radius 3 is 2.73 bits per heavy atom. The molecule has 0 bridgehead atoms. The van der Waals surface area contributed by atoms with Crippen molar-refractivity contribution >= 4 is 11.6 Å². The maximum absolute atomic E-state index is 9.11. The summed E-state index contributed by atoms with van der Waals surface area (Å²) in [6.07, 6.45) is 0.982. The minimum absolute atomic E-state index is 0.0441. The molecule has 1 rings (SSSR count). The van der Waals surface area contributed by atoms with Gasteiger partial charge in [0, 0.05) is 5.56 Å². The van der Waals surface area contributed by atoms with Crippen LogP contribution in [-0.2, 0) is 6.61 Å². The van der Waals surface area contributed by atoms with Crippen LogP contribution in [0.15, 0.2) is 18.2 Å². The van der Waals surface area contributed by atoms with E-state index in [0.717, 1.165) is 12.0 Å². The molecule has 1 aromatic carbocycles. The van der Waals surface area contributed by atoms with Crippen molar-refractivity contribution in [3.8, 4) is 5.75 Å². The summed E-state index contributed by atoms with van der Waals surface area (Å²) in [7, 11) is 0. The topological polar surface area (TPSA) is 29.5 Å². The van der Waals surface area contributed by atoms with Crippen molar-refractivity contribution in [3.05, 3.63) is 28.8 Å². The molecular weight excluding hydrogens is 212 g/mol. The fraction of sp³-hybridized carbons (Fsp3) is 0.500. The highest BCUT2D eigenvalue weighted by molar-refractivity contribution is 6.32. The van der Waals surface area contributed by atoms with E-state index in [1.807, 2.05) is 12.1 Å². The summed E-state index contributed by atoms with van der Waals surface area (Å²) in [5.74, 6) is 1.22. The lowest BCUT2D eigenvalue weighted by molar-refractivity contribution is 0.255. The van der Waals surface area contributed by atoms with Gasteiger partial charge in [-0.2, -0.15) is 0 Å². The third-order valence-electron chi connectivity index (χ3n) is 2.16. The highest BCUT2D eigenvalue weighted by Crippen LogP contribution is 2.28. The monoisotopic (exact) mass is 228 g/mol. The maximum atomic E-state index is 9.11. The van der Waals surface area contributed by atoms with Crippen molar-refractivity contribution in [3.63, 3.8) is 0 Å². The van der Waals surface area contributed by atoms with E-state index in [2.05, 4.69) is 13.8 Å². The van der Waals surface area contributed by atoms with Crippen molar-refractivity contribution in [2.75, 3.05) is 6.61 Å². The van der Waals surface area contributed by atoms with Crippen LogP contribution in [-0.4, -0.2) is 11.7 Å². The number of hydrogen-bond donors (Lipinski definition) is 1. The van der Waals surface area contributed by atoms with Gasteiger partial charge >= 0.3 is 0 Å². The van der Waals surface area contributed by atoms with Crippen LogP contribution in [0.25, 0.3) is 0 Å². The Morgan fingerprint density at radius 2 is 2.13 bits per heavy atom. The van der Waals surface area contributed by atoms with Gasteiger partial charge in [0.05, 0.1) is 18.2 Å². The average Bonchev–Trinajstić information content (AvgIpc) is 2.20. The van der Waals surface area contributed by atoms with E-state index in [-0.39, 0.29) is 6.61 Å². The molecule has 0 atom stereocenters. The van der Waals surface area contributed by atoms with Gasteiger partial charge in [-0.05, 0) is 18.4 Å². The standard InChI is InChI=1S/C12H17ClO2/c1-9(2)6-7-15-12-10(8-14)4-3-5-11(12)13/h3-5,9,14H,6-8H2,1-2H3. The van der Waals surface area contributed by atoms with Crippen molar-refractivity contribution in [2.45, 2.75) is 26.9 Å². The van der Waals surface area contributed by atoms with Gasteiger partial charge in [0.15, 0.2) is 0 Å². The Kier molecular flexibility index (Phi) is 4.92. The first kappa shape index (κ1) is 12.3. The zero-order valence-corrected chi connectivity index (χ0v) is 9.92. The van der Waals surface area contributed by atoms with E-state index >= 15 is 0 Å². The summed E-state index contributed by atoms with van der Waals surface area (Å²) in [6, 6.07) is 5.39. The molecule has 2 nitrogen and oxygen atoms in total. The fourth-order valence-electron chi connectivity index (χ4n) is 1.24. The van der Waals surface area contributed by atoms with E-state index in [1.165, 1.54) is 0 Å². The number of benzene rings is 1. The zero-order valence-electron chi connectivity index (χ0n) is 9.16. The summed E-state index contributed by atoms with van der Waals surface area (Å²) in [5, 5.41) is 9.67. The number of hydrogen-bond acceptors (Lipinski definition) is 2. The van der Waals surface area contributed by atoms with Crippen LogP contribution in [0.2, 0.25) is 5.02 Å². The van der Waals surface area contributed by atoms with E-state index in [0.29, 0.717) is 23.3 Å². The second-order valence-electron chi connectivity index (χ2n) is 3.92. The third kappa shape index (κ3) is 3.73. The molecule has 0 aliphatic carbocycles. The molecule has 0 aliphatic rings. The minimum atomic E-state index is -0.0441. The van der Waals surface area contributed by atoms with Gasteiger partial charge in [-0.1, -0.05) is 37.6 Å². The van der Waals surface area contributed by atoms with Crippen LogP contribution >= 0.6 is 11.6 Å². The van der Waals surface area contributed by atoms with Gasteiger partial charge in [0.1, 0.15) is 5.75 Å². The van der Waals surface area contributed by atoms with Gasteiger partial charge in [-0.25, -0.2) is 0 Å². The number of halogens is 1. The number of para-hydroxylation sites is 1. The molecule has 0 amide bonds. The van der Waals surface area contributed by atoms with Gasteiger partial charge in [-0.15, -0.1) is 0 Å². The predicted octanol–water partition coefficient (Wildman–Crippen LogP) is 3.26.